The Labute approximate surface area is 146 Å². The summed E-state index contributed by atoms with van der Waals surface area (Å²) in [5, 5.41) is 12.6. The summed E-state index contributed by atoms with van der Waals surface area (Å²) in [4.78, 5) is 12.3. The van der Waals surface area contributed by atoms with Gasteiger partial charge >= 0.3 is 0 Å². The highest BCUT2D eigenvalue weighted by molar-refractivity contribution is 8.01. The number of carbonyl (C=O) groups is 1. The van der Waals surface area contributed by atoms with Gasteiger partial charge < -0.3 is 5.32 Å². The van der Waals surface area contributed by atoms with Gasteiger partial charge in [-0.1, -0.05) is 53.2 Å². The second-order valence-electron chi connectivity index (χ2n) is 4.95. The Bertz CT molecular complexity index is 687. The molecule has 1 aromatic heterocycles. The molecule has 2 atom stereocenters. The number of thioether (sulfide) groups is 1. The van der Waals surface area contributed by atoms with Gasteiger partial charge in [0.1, 0.15) is 0 Å². The third-order valence-electron chi connectivity index (χ3n) is 3.34. The predicted molar refractivity (Wildman–Crippen MR) is 92.2 cm³/mol. The second-order valence-corrected chi connectivity index (χ2v) is 8.31. The maximum Gasteiger partial charge on any atom is 0.229 e. The lowest BCUT2D eigenvalue weighted by Gasteiger charge is -2.03. The molecule has 1 aliphatic rings. The van der Waals surface area contributed by atoms with Crippen molar-refractivity contribution in [1.82, 2.24) is 10.2 Å². The van der Waals surface area contributed by atoms with E-state index in [4.69, 9.17) is 23.2 Å². The zero-order chi connectivity index (χ0) is 15.7. The van der Waals surface area contributed by atoms with Crippen LogP contribution in [0.15, 0.2) is 22.5 Å². The minimum atomic E-state index is -0.0549. The molecule has 1 aliphatic carbocycles. The van der Waals surface area contributed by atoms with E-state index >= 15 is 0 Å². The number of aromatic nitrogens is 2. The zero-order valence-corrected chi connectivity index (χ0v) is 14.8. The molecule has 1 saturated carbocycles. The Morgan fingerprint density at radius 1 is 1.36 bits per heavy atom. The molecule has 0 saturated heterocycles. The molecule has 1 amide bonds. The van der Waals surface area contributed by atoms with E-state index in [2.05, 4.69) is 22.4 Å². The van der Waals surface area contributed by atoms with Crippen LogP contribution in [-0.2, 0) is 4.79 Å². The third kappa shape index (κ3) is 3.74. The highest BCUT2D eigenvalue weighted by Gasteiger charge is 2.44. The summed E-state index contributed by atoms with van der Waals surface area (Å²) in [5.74, 6) is 1.03. The minimum Gasteiger partial charge on any atom is -0.300 e. The number of hydrogen-bond acceptors (Lipinski definition) is 5. The van der Waals surface area contributed by atoms with Crippen LogP contribution in [0, 0.1) is 5.92 Å². The van der Waals surface area contributed by atoms with Crippen LogP contribution in [0.1, 0.15) is 24.8 Å². The summed E-state index contributed by atoms with van der Waals surface area (Å²) in [5.41, 5.74) is 1.01. The van der Waals surface area contributed by atoms with E-state index in [1.54, 1.807) is 17.8 Å². The first-order valence-corrected chi connectivity index (χ1v) is 9.35. The summed E-state index contributed by atoms with van der Waals surface area (Å²) < 4.78 is 0.867. The van der Waals surface area contributed by atoms with Gasteiger partial charge in [0.25, 0.3) is 0 Å². The molecule has 4 nitrogen and oxygen atoms in total. The monoisotopic (exact) mass is 373 g/mol. The van der Waals surface area contributed by atoms with Crippen molar-refractivity contribution in [1.29, 1.82) is 0 Å². The maximum absolute atomic E-state index is 12.3. The van der Waals surface area contributed by atoms with Gasteiger partial charge in [-0.2, -0.15) is 0 Å². The van der Waals surface area contributed by atoms with Crippen LogP contribution in [0.2, 0.25) is 10.0 Å². The molecule has 0 aliphatic heterocycles. The van der Waals surface area contributed by atoms with Crippen molar-refractivity contribution in [3.8, 4) is 0 Å². The average Bonchev–Trinajstić information content (AvgIpc) is 3.14. The summed E-state index contributed by atoms with van der Waals surface area (Å²) in [7, 11) is 0. The Morgan fingerprint density at radius 3 is 2.77 bits per heavy atom. The van der Waals surface area contributed by atoms with E-state index in [1.807, 2.05) is 12.1 Å². The smallest absolute Gasteiger partial charge is 0.229 e. The number of rotatable bonds is 5. The Balaban J connectivity index is 1.62. The lowest BCUT2D eigenvalue weighted by atomic mass is 10.1. The predicted octanol–water partition coefficient (Wildman–Crippen LogP) is 4.70. The van der Waals surface area contributed by atoms with E-state index in [9.17, 15) is 4.79 Å². The maximum atomic E-state index is 12.3. The molecule has 1 aromatic carbocycles. The van der Waals surface area contributed by atoms with E-state index in [0.717, 1.165) is 22.1 Å². The number of anilines is 1. The molecular formula is C14H13Cl2N3OS2. The summed E-state index contributed by atoms with van der Waals surface area (Å²) in [6, 6.07) is 5.43. The minimum absolute atomic E-state index is 0.0229. The van der Waals surface area contributed by atoms with Gasteiger partial charge in [0.2, 0.25) is 11.0 Å². The first kappa shape index (κ1) is 16.1. The van der Waals surface area contributed by atoms with Crippen molar-refractivity contribution in [3.05, 3.63) is 33.8 Å². The van der Waals surface area contributed by atoms with Crippen molar-refractivity contribution in [3.63, 3.8) is 0 Å². The highest BCUT2D eigenvalue weighted by atomic mass is 35.5. The van der Waals surface area contributed by atoms with Gasteiger partial charge in [0, 0.05) is 16.0 Å². The van der Waals surface area contributed by atoms with Gasteiger partial charge in [0.15, 0.2) is 4.34 Å². The standard InChI is InChI=1S/C14H13Cl2N3OS2/c1-2-21-14-19-18-13(22-14)17-12(20)11-6-10(11)7-3-8(15)5-9(16)4-7/h3-5,10-11H,2,6H2,1H3,(H,17,18,20)/t10-,11+/m1/s1. The van der Waals surface area contributed by atoms with Crippen LogP contribution in [0.3, 0.4) is 0 Å². The number of nitrogens with one attached hydrogen (secondary N) is 1. The topological polar surface area (TPSA) is 54.9 Å². The van der Waals surface area contributed by atoms with Gasteiger partial charge in [-0.05, 0) is 41.9 Å². The normalized spacial score (nSPS) is 20.0. The van der Waals surface area contributed by atoms with Crippen LogP contribution >= 0.6 is 46.3 Å². The van der Waals surface area contributed by atoms with Crippen molar-refractivity contribution in [2.24, 2.45) is 5.92 Å². The van der Waals surface area contributed by atoms with Gasteiger partial charge in [0.05, 0.1) is 0 Å². The van der Waals surface area contributed by atoms with E-state index in [0.29, 0.717) is 15.2 Å². The highest BCUT2D eigenvalue weighted by Crippen LogP contribution is 2.49. The number of amides is 1. The van der Waals surface area contributed by atoms with E-state index < -0.39 is 0 Å². The Kier molecular flexibility index (Phi) is 4.92. The molecule has 0 bridgehead atoms. The molecule has 1 N–H and O–H groups in total. The molecule has 1 fully saturated rings. The lowest BCUT2D eigenvalue weighted by Crippen LogP contribution is -2.14. The first-order valence-electron chi connectivity index (χ1n) is 6.80. The van der Waals surface area contributed by atoms with E-state index in [1.165, 1.54) is 11.3 Å². The van der Waals surface area contributed by atoms with Crippen LogP contribution in [-0.4, -0.2) is 21.9 Å². The summed E-state index contributed by atoms with van der Waals surface area (Å²) >= 11 is 15.0. The molecule has 1 heterocycles. The average molecular weight is 374 g/mol. The number of nitrogens with zero attached hydrogens (tertiary/aromatic N) is 2. The van der Waals surface area contributed by atoms with Crippen molar-refractivity contribution in [2.45, 2.75) is 23.6 Å². The molecule has 3 rings (SSSR count). The number of carbonyl (C=O) groups excluding carboxylic acids is 1. The zero-order valence-electron chi connectivity index (χ0n) is 11.7. The third-order valence-corrected chi connectivity index (χ3v) is 5.64. The Hall–Kier alpha value is -0.820. The van der Waals surface area contributed by atoms with Crippen molar-refractivity contribution in [2.75, 3.05) is 11.1 Å². The fourth-order valence-electron chi connectivity index (χ4n) is 2.28. The van der Waals surface area contributed by atoms with Crippen LogP contribution < -0.4 is 5.32 Å². The van der Waals surface area contributed by atoms with Crippen LogP contribution in [0.5, 0.6) is 0 Å². The largest absolute Gasteiger partial charge is 0.300 e. The van der Waals surface area contributed by atoms with Crippen LogP contribution in [0.4, 0.5) is 5.13 Å². The fraction of sp³-hybridized carbons (Fsp3) is 0.357. The SMILES string of the molecule is CCSc1nnc(NC(=O)[C@H]2C[C@@H]2c2cc(Cl)cc(Cl)c2)s1. The quantitative estimate of drug-likeness (QED) is 0.609. The molecule has 0 spiro atoms. The molecule has 0 radical (unpaired) electrons. The molecule has 0 unspecified atom stereocenters. The molecule has 2 aromatic rings. The van der Waals surface area contributed by atoms with Crippen molar-refractivity contribution < 1.29 is 4.79 Å². The lowest BCUT2D eigenvalue weighted by molar-refractivity contribution is -0.117. The number of benzene rings is 1. The fourth-order valence-corrected chi connectivity index (χ4v) is 4.48. The second kappa shape index (κ2) is 6.74. The summed E-state index contributed by atoms with van der Waals surface area (Å²) in [6.07, 6.45) is 0.803. The first-order chi connectivity index (χ1) is 10.6. The van der Waals surface area contributed by atoms with Crippen LogP contribution in [0.25, 0.3) is 0 Å². The number of hydrogen-bond donors (Lipinski definition) is 1. The summed E-state index contributed by atoms with van der Waals surface area (Å²) in [6.45, 7) is 2.05. The Morgan fingerprint density at radius 2 is 2.09 bits per heavy atom. The van der Waals surface area contributed by atoms with Gasteiger partial charge in [-0.15, -0.1) is 10.2 Å². The van der Waals surface area contributed by atoms with Crippen molar-refractivity contribution >= 4 is 57.3 Å². The molecular weight excluding hydrogens is 361 g/mol. The molecule has 8 heteroatoms. The number of halogens is 2. The van der Waals surface area contributed by atoms with E-state index in [-0.39, 0.29) is 17.7 Å². The van der Waals surface area contributed by atoms with Gasteiger partial charge in [-0.25, -0.2) is 0 Å². The van der Waals surface area contributed by atoms with Gasteiger partial charge in [-0.3, -0.25) is 4.79 Å². The molecule has 22 heavy (non-hydrogen) atoms. The molecule has 116 valence electrons.